The fourth-order valence-corrected chi connectivity index (χ4v) is 1.88. The number of carbonyl (C=O) groups excluding carboxylic acids is 1. The molecule has 0 heterocycles. The summed E-state index contributed by atoms with van der Waals surface area (Å²) in [5.41, 5.74) is 0.906. The zero-order chi connectivity index (χ0) is 12.9. The van der Waals surface area contributed by atoms with Crippen LogP contribution in [0.25, 0.3) is 0 Å². The first-order valence-electron chi connectivity index (χ1n) is 5.11. The average molecular weight is 258 g/mol. The minimum atomic E-state index is -4.30. The van der Waals surface area contributed by atoms with Crippen molar-refractivity contribution in [3.63, 3.8) is 0 Å². The molecular weight excluding hydrogens is 243 g/mol. The molecule has 6 heteroatoms. The van der Waals surface area contributed by atoms with Gasteiger partial charge in [0, 0.05) is 0 Å². The first kappa shape index (κ1) is 14.1. The number of rotatable bonds is 6. The number of benzene rings is 1. The number of carbonyl (C=O) groups is 1. The van der Waals surface area contributed by atoms with Crippen molar-refractivity contribution in [3.8, 4) is 0 Å². The molecule has 1 rings (SSSR count). The third kappa shape index (κ3) is 5.75. The smallest absolute Gasteiger partial charge is 0.333 e. The lowest BCUT2D eigenvalue weighted by Gasteiger charge is -2.12. The maximum Gasteiger partial charge on any atom is 0.333 e. The van der Waals surface area contributed by atoms with Crippen LogP contribution in [0.5, 0.6) is 0 Å². The number of ketones is 1. The molecule has 0 fully saturated rings. The highest BCUT2D eigenvalue weighted by Crippen LogP contribution is 2.34. The Labute approximate surface area is 99.6 Å². The van der Waals surface area contributed by atoms with Crippen LogP contribution in [-0.2, 0) is 20.7 Å². The van der Waals surface area contributed by atoms with Crippen molar-refractivity contribution in [2.24, 2.45) is 0 Å². The zero-order valence-electron chi connectivity index (χ0n) is 9.44. The lowest BCUT2D eigenvalue weighted by molar-refractivity contribution is -0.127. The van der Waals surface area contributed by atoms with Crippen LogP contribution in [-0.4, -0.2) is 27.8 Å². The Morgan fingerprint density at radius 2 is 1.94 bits per heavy atom. The molecule has 1 aromatic rings. The van der Waals surface area contributed by atoms with E-state index in [1.807, 2.05) is 30.3 Å². The van der Waals surface area contributed by atoms with E-state index in [0.717, 1.165) is 5.56 Å². The van der Waals surface area contributed by atoms with Crippen LogP contribution < -0.4 is 0 Å². The van der Waals surface area contributed by atoms with Gasteiger partial charge in [-0.1, -0.05) is 30.3 Å². The highest BCUT2D eigenvalue weighted by Gasteiger charge is 2.23. The molecule has 0 amide bonds. The maximum absolute atomic E-state index is 11.4. The SMILES string of the molecule is C[C@@H](OCc1ccccc1)C(=O)CP(=O)(O)O. The quantitative estimate of drug-likeness (QED) is 0.752. The summed E-state index contributed by atoms with van der Waals surface area (Å²) in [7, 11) is -4.30. The summed E-state index contributed by atoms with van der Waals surface area (Å²) in [6.07, 6.45) is -1.59. The summed E-state index contributed by atoms with van der Waals surface area (Å²) < 4.78 is 15.9. The fourth-order valence-electron chi connectivity index (χ4n) is 1.22. The second-order valence-corrected chi connectivity index (χ2v) is 5.37. The van der Waals surface area contributed by atoms with Crippen molar-refractivity contribution in [2.75, 3.05) is 6.16 Å². The molecular formula is C11H15O5P. The van der Waals surface area contributed by atoms with Crippen molar-refractivity contribution >= 4 is 13.4 Å². The van der Waals surface area contributed by atoms with Gasteiger partial charge in [-0.3, -0.25) is 9.36 Å². The van der Waals surface area contributed by atoms with E-state index < -0.39 is 25.6 Å². The van der Waals surface area contributed by atoms with Crippen LogP contribution in [0.4, 0.5) is 0 Å². The zero-order valence-corrected chi connectivity index (χ0v) is 10.3. The first-order chi connectivity index (χ1) is 7.88. The van der Waals surface area contributed by atoms with Gasteiger partial charge in [0.1, 0.15) is 12.3 Å². The fraction of sp³-hybridized carbons (Fsp3) is 0.364. The molecule has 0 spiro atoms. The van der Waals surface area contributed by atoms with Gasteiger partial charge in [0.2, 0.25) is 0 Å². The van der Waals surface area contributed by atoms with Crippen molar-refractivity contribution in [2.45, 2.75) is 19.6 Å². The van der Waals surface area contributed by atoms with Crippen molar-refractivity contribution < 1.29 is 23.9 Å². The third-order valence-corrected chi connectivity index (χ3v) is 2.88. The topological polar surface area (TPSA) is 83.8 Å². The Morgan fingerprint density at radius 1 is 1.35 bits per heavy atom. The maximum atomic E-state index is 11.4. The van der Waals surface area contributed by atoms with Crippen LogP contribution in [0, 0.1) is 0 Å². The van der Waals surface area contributed by atoms with Crippen LogP contribution in [0.3, 0.4) is 0 Å². The molecule has 0 unspecified atom stereocenters. The second kappa shape index (κ2) is 6.07. The molecule has 1 aromatic carbocycles. The lowest BCUT2D eigenvalue weighted by Crippen LogP contribution is -2.23. The Morgan fingerprint density at radius 3 is 2.47 bits per heavy atom. The summed E-state index contributed by atoms with van der Waals surface area (Å²) in [5, 5.41) is 0. The van der Waals surface area contributed by atoms with Gasteiger partial charge in [-0.25, -0.2) is 0 Å². The number of hydrogen-bond acceptors (Lipinski definition) is 3. The van der Waals surface area contributed by atoms with Crippen molar-refractivity contribution in [3.05, 3.63) is 35.9 Å². The Balaban J connectivity index is 2.42. The molecule has 0 aromatic heterocycles. The summed E-state index contributed by atoms with van der Waals surface area (Å²) in [5.74, 6) is -0.589. The van der Waals surface area contributed by atoms with E-state index >= 15 is 0 Å². The monoisotopic (exact) mass is 258 g/mol. The van der Waals surface area contributed by atoms with Crippen LogP contribution in [0.2, 0.25) is 0 Å². The van der Waals surface area contributed by atoms with Crippen molar-refractivity contribution in [1.29, 1.82) is 0 Å². The van der Waals surface area contributed by atoms with Gasteiger partial charge in [-0.15, -0.1) is 0 Å². The summed E-state index contributed by atoms with van der Waals surface area (Å²) in [6.45, 7) is 1.73. The molecule has 0 saturated carbocycles. The molecule has 0 aliphatic heterocycles. The van der Waals surface area contributed by atoms with Crippen molar-refractivity contribution in [1.82, 2.24) is 0 Å². The van der Waals surface area contributed by atoms with Crippen LogP contribution in [0.15, 0.2) is 30.3 Å². The molecule has 17 heavy (non-hydrogen) atoms. The first-order valence-corrected chi connectivity index (χ1v) is 6.91. The number of ether oxygens (including phenoxy) is 1. The molecule has 0 aliphatic carbocycles. The van der Waals surface area contributed by atoms with E-state index in [1.54, 1.807) is 0 Å². The minimum Gasteiger partial charge on any atom is -0.366 e. The Bertz CT molecular complexity index is 411. The highest BCUT2D eigenvalue weighted by atomic mass is 31.2. The number of Topliss-reactive ketones (excluding diaryl/α,β-unsaturated/α-hetero) is 1. The number of hydrogen-bond donors (Lipinski definition) is 2. The summed E-state index contributed by atoms with van der Waals surface area (Å²) in [4.78, 5) is 28.7. The van der Waals surface area contributed by atoms with E-state index in [0.29, 0.717) is 0 Å². The molecule has 0 aliphatic rings. The average Bonchev–Trinajstić information content (AvgIpc) is 2.25. The molecule has 1 atom stereocenters. The van der Waals surface area contributed by atoms with Crippen LogP contribution in [0.1, 0.15) is 12.5 Å². The van der Waals surface area contributed by atoms with E-state index in [2.05, 4.69) is 0 Å². The minimum absolute atomic E-state index is 0.245. The molecule has 0 radical (unpaired) electrons. The summed E-state index contributed by atoms with van der Waals surface area (Å²) in [6, 6.07) is 9.26. The van der Waals surface area contributed by atoms with Gasteiger partial charge in [0.05, 0.1) is 6.61 Å². The predicted octanol–water partition coefficient (Wildman–Crippen LogP) is 1.34. The van der Waals surface area contributed by atoms with E-state index in [-0.39, 0.29) is 6.61 Å². The Hall–Kier alpha value is -1.00. The standard InChI is InChI=1S/C11H15O5P/c1-9(11(12)8-17(13,14)15)16-7-10-5-3-2-4-6-10/h2-6,9H,7-8H2,1H3,(H2,13,14,15)/t9-/m1/s1. The van der Waals surface area contributed by atoms with Gasteiger partial charge >= 0.3 is 7.60 Å². The van der Waals surface area contributed by atoms with E-state index in [4.69, 9.17) is 14.5 Å². The molecule has 2 N–H and O–H groups in total. The molecule has 94 valence electrons. The van der Waals surface area contributed by atoms with Gasteiger partial charge in [-0.05, 0) is 12.5 Å². The Kier molecular flexibility index (Phi) is 5.02. The van der Waals surface area contributed by atoms with Gasteiger partial charge in [-0.2, -0.15) is 0 Å². The van der Waals surface area contributed by atoms with Gasteiger partial charge < -0.3 is 14.5 Å². The van der Waals surface area contributed by atoms with E-state index in [1.165, 1.54) is 6.92 Å². The molecule has 0 saturated heterocycles. The summed E-state index contributed by atoms with van der Waals surface area (Å²) >= 11 is 0. The van der Waals surface area contributed by atoms with Gasteiger partial charge in [0.15, 0.2) is 5.78 Å². The third-order valence-electron chi connectivity index (χ3n) is 2.16. The normalized spacial score (nSPS) is 13.4. The van der Waals surface area contributed by atoms with Crippen LogP contribution >= 0.6 is 7.60 Å². The van der Waals surface area contributed by atoms with Gasteiger partial charge in [0.25, 0.3) is 0 Å². The molecule has 0 bridgehead atoms. The molecule has 5 nitrogen and oxygen atoms in total. The predicted molar refractivity (Wildman–Crippen MR) is 62.6 cm³/mol. The highest BCUT2D eigenvalue weighted by molar-refractivity contribution is 7.52. The largest absolute Gasteiger partial charge is 0.366 e. The van der Waals surface area contributed by atoms with E-state index in [9.17, 15) is 9.36 Å². The lowest BCUT2D eigenvalue weighted by atomic mass is 10.2. The second-order valence-electron chi connectivity index (χ2n) is 3.73.